The third kappa shape index (κ3) is 5.82. The molecule has 3 aromatic carbocycles. The first-order valence-electron chi connectivity index (χ1n) is 10.9. The van der Waals surface area contributed by atoms with Crippen molar-refractivity contribution in [1.82, 2.24) is 4.90 Å². The summed E-state index contributed by atoms with van der Waals surface area (Å²) >= 11 is 0. The summed E-state index contributed by atoms with van der Waals surface area (Å²) in [6, 6.07) is 18.9. The van der Waals surface area contributed by atoms with E-state index in [9.17, 15) is 18.0 Å². The minimum Gasteiger partial charge on any atom is -0.332 e. The molecule has 0 saturated heterocycles. The molecule has 2 amide bonds. The van der Waals surface area contributed by atoms with Gasteiger partial charge in [0.15, 0.2) is 0 Å². The maximum absolute atomic E-state index is 13.1. The summed E-state index contributed by atoms with van der Waals surface area (Å²) in [6.07, 6.45) is 0.766. The maximum Gasteiger partial charge on any atom is 0.261 e. The number of carbonyl (C=O) groups excluding carboxylic acids is 2. The van der Waals surface area contributed by atoms with Crippen molar-refractivity contribution >= 4 is 33.2 Å². The third-order valence-corrected chi connectivity index (χ3v) is 6.90. The van der Waals surface area contributed by atoms with Crippen LogP contribution in [0.25, 0.3) is 0 Å². The quantitative estimate of drug-likeness (QED) is 0.501. The zero-order valence-corrected chi connectivity index (χ0v) is 20.6. The van der Waals surface area contributed by atoms with Crippen LogP contribution in [0.1, 0.15) is 34.0 Å². The molecule has 3 aromatic rings. The molecule has 0 aromatic heterocycles. The van der Waals surface area contributed by atoms with E-state index in [4.69, 9.17) is 0 Å². The largest absolute Gasteiger partial charge is 0.332 e. The smallest absolute Gasteiger partial charge is 0.261 e. The Morgan fingerprint density at radius 1 is 0.882 bits per heavy atom. The van der Waals surface area contributed by atoms with E-state index in [0.717, 1.165) is 17.5 Å². The molecule has 0 aliphatic carbocycles. The van der Waals surface area contributed by atoms with Gasteiger partial charge < -0.3 is 10.2 Å². The van der Waals surface area contributed by atoms with Gasteiger partial charge in [0.1, 0.15) is 0 Å². The van der Waals surface area contributed by atoms with Gasteiger partial charge in [-0.05, 0) is 61.2 Å². The van der Waals surface area contributed by atoms with Crippen LogP contribution in [0, 0.1) is 13.8 Å². The standard InChI is InChI=1S/C26H29N3O4S/c1-5-20-11-7-9-13-24(20)27-25(30)17-29(4)26(31)22-16-21(15-14-18(22)2)34(32,33)28-23-12-8-6-10-19(23)3/h6-16,28H,5,17H2,1-4H3,(H,27,30). The minimum atomic E-state index is -3.91. The van der Waals surface area contributed by atoms with E-state index >= 15 is 0 Å². The predicted octanol–water partition coefficient (Wildman–Crippen LogP) is 4.38. The number of amides is 2. The van der Waals surface area contributed by atoms with Crippen LogP contribution >= 0.6 is 0 Å². The van der Waals surface area contributed by atoms with Gasteiger partial charge in [0.05, 0.1) is 17.1 Å². The lowest BCUT2D eigenvalue weighted by Gasteiger charge is -2.19. The Morgan fingerprint density at radius 2 is 1.53 bits per heavy atom. The monoisotopic (exact) mass is 479 g/mol. The van der Waals surface area contributed by atoms with Crippen LogP contribution in [-0.4, -0.2) is 38.7 Å². The van der Waals surface area contributed by atoms with Crippen LogP contribution in [0.5, 0.6) is 0 Å². The number of likely N-dealkylation sites (N-methyl/N-ethyl adjacent to an activating group) is 1. The lowest BCUT2D eigenvalue weighted by Crippen LogP contribution is -2.35. The highest BCUT2D eigenvalue weighted by Gasteiger charge is 2.22. The molecule has 0 fully saturated rings. The molecule has 178 valence electrons. The molecule has 2 N–H and O–H groups in total. The van der Waals surface area contributed by atoms with Gasteiger partial charge in [-0.3, -0.25) is 14.3 Å². The molecule has 3 rings (SSSR count). The summed E-state index contributed by atoms with van der Waals surface area (Å²) in [5.41, 5.74) is 3.80. The number of anilines is 2. The summed E-state index contributed by atoms with van der Waals surface area (Å²) in [7, 11) is -2.39. The second kappa shape index (κ2) is 10.5. The fourth-order valence-electron chi connectivity index (χ4n) is 3.52. The molecule has 0 atom stereocenters. The van der Waals surface area contributed by atoms with Crippen LogP contribution in [0.4, 0.5) is 11.4 Å². The number of hydrogen-bond acceptors (Lipinski definition) is 4. The van der Waals surface area contributed by atoms with E-state index in [-0.39, 0.29) is 22.9 Å². The highest BCUT2D eigenvalue weighted by molar-refractivity contribution is 7.92. The molecule has 8 heteroatoms. The van der Waals surface area contributed by atoms with Crippen molar-refractivity contribution in [2.24, 2.45) is 0 Å². The van der Waals surface area contributed by atoms with Crippen molar-refractivity contribution in [3.8, 4) is 0 Å². The highest BCUT2D eigenvalue weighted by atomic mass is 32.2. The van der Waals surface area contributed by atoms with Crippen LogP contribution in [0.15, 0.2) is 71.6 Å². The number of nitrogens with zero attached hydrogens (tertiary/aromatic N) is 1. The number of para-hydroxylation sites is 2. The van der Waals surface area contributed by atoms with Crippen molar-refractivity contribution < 1.29 is 18.0 Å². The van der Waals surface area contributed by atoms with Crippen LogP contribution in [-0.2, 0) is 21.2 Å². The zero-order chi connectivity index (χ0) is 24.9. The molecule has 0 aliphatic rings. The van der Waals surface area contributed by atoms with Gasteiger partial charge in [-0.1, -0.05) is 49.4 Å². The van der Waals surface area contributed by atoms with Crippen molar-refractivity contribution in [2.75, 3.05) is 23.6 Å². The highest BCUT2D eigenvalue weighted by Crippen LogP contribution is 2.22. The first-order valence-corrected chi connectivity index (χ1v) is 12.4. The number of carbonyl (C=O) groups is 2. The number of benzene rings is 3. The number of rotatable bonds is 8. The molecule has 0 radical (unpaired) electrons. The maximum atomic E-state index is 13.1. The molecular formula is C26H29N3O4S. The Balaban J connectivity index is 1.77. The van der Waals surface area contributed by atoms with E-state index in [0.29, 0.717) is 16.9 Å². The number of aryl methyl sites for hydroxylation is 3. The van der Waals surface area contributed by atoms with E-state index in [2.05, 4.69) is 10.0 Å². The van der Waals surface area contributed by atoms with E-state index < -0.39 is 15.9 Å². The van der Waals surface area contributed by atoms with Crippen LogP contribution in [0.3, 0.4) is 0 Å². The van der Waals surface area contributed by atoms with Gasteiger partial charge in [-0.25, -0.2) is 8.42 Å². The average Bonchev–Trinajstić information content (AvgIpc) is 2.80. The molecule has 0 unspecified atom stereocenters. The molecule has 0 aliphatic heterocycles. The summed E-state index contributed by atoms with van der Waals surface area (Å²) < 4.78 is 28.5. The summed E-state index contributed by atoms with van der Waals surface area (Å²) in [5.74, 6) is -0.774. The summed E-state index contributed by atoms with van der Waals surface area (Å²) in [6.45, 7) is 5.36. The first kappa shape index (κ1) is 25.0. The van der Waals surface area contributed by atoms with Gasteiger partial charge in [0.2, 0.25) is 5.91 Å². The number of nitrogens with one attached hydrogen (secondary N) is 2. The molecule has 0 spiro atoms. The Bertz CT molecular complexity index is 1320. The minimum absolute atomic E-state index is 0.0283. The van der Waals surface area contributed by atoms with Gasteiger partial charge in [0, 0.05) is 18.3 Å². The molecule has 34 heavy (non-hydrogen) atoms. The third-order valence-electron chi connectivity index (χ3n) is 5.54. The fraction of sp³-hybridized carbons (Fsp3) is 0.231. The lowest BCUT2D eigenvalue weighted by atomic mass is 10.1. The molecule has 0 saturated carbocycles. The van der Waals surface area contributed by atoms with E-state index in [1.165, 1.54) is 24.1 Å². The van der Waals surface area contributed by atoms with Crippen LogP contribution < -0.4 is 10.0 Å². The van der Waals surface area contributed by atoms with E-state index in [1.807, 2.05) is 37.3 Å². The summed E-state index contributed by atoms with van der Waals surface area (Å²) in [4.78, 5) is 26.9. The van der Waals surface area contributed by atoms with Gasteiger partial charge in [-0.2, -0.15) is 0 Å². The number of sulfonamides is 1. The first-order chi connectivity index (χ1) is 16.1. The summed E-state index contributed by atoms with van der Waals surface area (Å²) in [5, 5.41) is 2.84. The Kier molecular flexibility index (Phi) is 7.73. The van der Waals surface area contributed by atoms with Crippen molar-refractivity contribution in [3.05, 3.63) is 89.0 Å². The molecule has 7 nitrogen and oxygen atoms in total. The normalized spacial score (nSPS) is 11.1. The second-order valence-corrected chi connectivity index (χ2v) is 9.80. The van der Waals surface area contributed by atoms with Gasteiger partial charge in [-0.15, -0.1) is 0 Å². The van der Waals surface area contributed by atoms with Crippen molar-refractivity contribution in [3.63, 3.8) is 0 Å². The van der Waals surface area contributed by atoms with E-state index in [1.54, 1.807) is 38.1 Å². The zero-order valence-electron chi connectivity index (χ0n) is 19.8. The number of hydrogen-bond donors (Lipinski definition) is 2. The lowest BCUT2D eigenvalue weighted by molar-refractivity contribution is -0.116. The topological polar surface area (TPSA) is 95.6 Å². The van der Waals surface area contributed by atoms with Crippen molar-refractivity contribution in [1.29, 1.82) is 0 Å². The van der Waals surface area contributed by atoms with Gasteiger partial charge >= 0.3 is 0 Å². The second-order valence-electron chi connectivity index (χ2n) is 8.12. The average molecular weight is 480 g/mol. The molecular weight excluding hydrogens is 450 g/mol. The Labute approximate surface area is 200 Å². The predicted molar refractivity (Wildman–Crippen MR) is 135 cm³/mol. The molecule has 0 heterocycles. The molecule has 0 bridgehead atoms. The SMILES string of the molecule is CCc1ccccc1NC(=O)CN(C)C(=O)c1cc(S(=O)(=O)Nc2ccccc2C)ccc1C. The van der Waals surface area contributed by atoms with Crippen LogP contribution in [0.2, 0.25) is 0 Å². The fourth-order valence-corrected chi connectivity index (χ4v) is 4.68. The van der Waals surface area contributed by atoms with Crippen molar-refractivity contribution in [2.45, 2.75) is 32.1 Å². The Hall–Kier alpha value is -3.65. The van der Waals surface area contributed by atoms with Gasteiger partial charge in [0.25, 0.3) is 15.9 Å². The Morgan fingerprint density at radius 3 is 2.21 bits per heavy atom.